The van der Waals surface area contributed by atoms with E-state index in [2.05, 4.69) is 15.3 Å². The van der Waals surface area contributed by atoms with E-state index in [0.717, 1.165) is 6.07 Å². The first kappa shape index (κ1) is 13.6. The standard InChI is InChI=1S/C12H9ClF3N3/c1-17-11-18-9(6-10(19-11)12(14,15)16)7-3-2-4-8(13)5-7/h2-6H,1H3,(H,17,18,19). The van der Waals surface area contributed by atoms with Crippen LogP contribution in [0.3, 0.4) is 0 Å². The van der Waals surface area contributed by atoms with E-state index in [1.54, 1.807) is 24.3 Å². The largest absolute Gasteiger partial charge is 0.433 e. The lowest BCUT2D eigenvalue weighted by atomic mass is 10.1. The summed E-state index contributed by atoms with van der Waals surface area (Å²) in [5.41, 5.74) is -0.340. The van der Waals surface area contributed by atoms with Crippen LogP contribution in [0.15, 0.2) is 30.3 Å². The van der Waals surface area contributed by atoms with Gasteiger partial charge in [0.25, 0.3) is 0 Å². The Balaban J connectivity index is 2.57. The molecular weight excluding hydrogens is 279 g/mol. The molecule has 1 aromatic carbocycles. The summed E-state index contributed by atoms with van der Waals surface area (Å²) < 4.78 is 38.2. The van der Waals surface area contributed by atoms with E-state index < -0.39 is 11.9 Å². The third-order valence-corrected chi connectivity index (χ3v) is 2.60. The molecule has 0 unspecified atom stereocenters. The van der Waals surface area contributed by atoms with Gasteiger partial charge in [-0.3, -0.25) is 0 Å². The van der Waals surface area contributed by atoms with Crippen molar-refractivity contribution in [3.63, 3.8) is 0 Å². The third kappa shape index (κ3) is 3.14. The van der Waals surface area contributed by atoms with Gasteiger partial charge in [0.1, 0.15) is 0 Å². The molecule has 0 spiro atoms. The molecule has 0 fully saturated rings. The van der Waals surface area contributed by atoms with Crippen molar-refractivity contribution in [2.45, 2.75) is 6.18 Å². The second-order valence-electron chi connectivity index (χ2n) is 3.72. The topological polar surface area (TPSA) is 37.8 Å². The Bertz CT molecular complexity index is 599. The maximum Gasteiger partial charge on any atom is 0.433 e. The third-order valence-electron chi connectivity index (χ3n) is 2.36. The number of nitrogens with one attached hydrogen (secondary N) is 1. The van der Waals surface area contributed by atoms with Crippen molar-refractivity contribution in [3.8, 4) is 11.3 Å². The number of aromatic nitrogens is 2. The van der Waals surface area contributed by atoms with Crippen LogP contribution in [0.2, 0.25) is 5.02 Å². The second kappa shape index (κ2) is 5.05. The molecule has 0 saturated carbocycles. The highest BCUT2D eigenvalue weighted by atomic mass is 35.5. The fraction of sp³-hybridized carbons (Fsp3) is 0.167. The Labute approximate surface area is 112 Å². The Morgan fingerprint density at radius 2 is 1.89 bits per heavy atom. The molecule has 0 aliphatic rings. The molecule has 19 heavy (non-hydrogen) atoms. The Morgan fingerprint density at radius 1 is 1.16 bits per heavy atom. The molecule has 7 heteroatoms. The highest BCUT2D eigenvalue weighted by Crippen LogP contribution is 2.31. The number of benzene rings is 1. The van der Waals surface area contributed by atoms with Gasteiger partial charge in [0.05, 0.1) is 5.69 Å². The quantitative estimate of drug-likeness (QED) is 0.911. The molecule has 1 heterocycles. The van der Waals surface area contributed by atoms with Crippen LogP contribution in [0, 0.1) is 0 Å². The van der Waals surface area contributed by atoms with Gasteiger partial charge in [0, 0.05) is 17.6 Å². The van der Waals surface area contributed by atoms with Crippen molar-refractivity contribution in [3.05, 3.63) is 41.0 Å². The van der Waals surface area contributed by atoms with Crippen molar-refractivity contribution >= 4 is 17.5 Å². The lowest BCUT2D eigenvalue weighted by Gasteiger charge is -2.10. The van der Waals surface area contributed by atoms with Gasteiger partial charge in [-0.2, -0.15) is 13.2 Å². The molecule has 1 N–H and O–H groups in total. The summed E-state index contributed by atoms with van der Waals surface area (Å²) in [5.74, 6) is -0.0928. The van der Waals surface area contributed by atoms with Crippen LogP contribution in [-0.4, -0.2) is 17.0 Å². The molecule has 0 atom stereocenters. The summed E-state index contributed by atoms with van der Waals surface area (Å²) in [7, 11) is 1.46. The normalized spacial score (nSPS) is 11.4. The van der Waals surface area contributed by atoms with Crippen molar-refractivity contribution in [1.29, 1.82) is 0 Å². The van der Waals surface area contributed by atoms with Crippen molar-refractivity contribution in [2.75, 3.05) is 12.4 Å². The Kier molecular flexibility index (Phi) is 3.61. The van der Waals surface area contributed by atoms with Crippen LogP contribution in [0.5, 0.6) is 0 Å². The van der Waals surface area contributed by atoms with Crippen LogP contribution in [0.4, 0.5) is 19.1 Å². The molecule has 0 saturated heterocycles. The van der Waals surface area contributed by atoms with E-state index in [-0.39, 0.29) is 11.6 Å². The molecule has 0 radical (unpaired) electrons. The van der Waals surface area contributed by atoms with E-state index >= 15 is 0 Å². The molecular formula is C12H9ClF3N3. The monoisotopic (exact) mass is 287 g/mol. The van der Waals surface area contributed by atoms with E-state index in [1.807, 2.05) is 0 Å². The lowest BCUT2D eigenvalue weighted by molar-refractivity contribution is -0.141. The SMILES string of the molecule is CNc1nc(-c2cccc(Cl)c2)cc(C(F)(F)F)n1. The van der Waals surface area contributed by atoms with Gasteiger partial charge in [-0.15, -0.1) is 0 Å². The molecule has 2 rings (SSSR count). The first-order valence-electron chi connectivity index (χ1n) is 5.30. The molecule has 100 valence electrons. The van der Waals surface area contributed by atoms with Gasteiger partial charge in [0.2, 0.25) is 5.95 Å². The second-order valence-corrected chi connectivity index (χ2v) is 4.16. The highest BCUT2D eigenvalue weighted by Gasteiger charge is 2.33. The molecule has 3 nitrogen and oxygen atoms in total. The van der Waals surface area contributed by atoms with Crippen LogP contribution >= 0.6 is 11.6 Å². The number of alkyl halides is 3. The Hall–Kier alpha value is -1.82. The zero-order valence-electron chi connectivity index (χ0n) is 9.79. The molecule has 1 aromatic heterocycles. The number of rotatable bonds is 2. The van der Waals surface area contributed by atoms with Gasteiger partial charge in [-0.1, -0.05) is 23.7 Å². The Morgan fingerprint density at radius 3 is 2.47 bits per heavy atom. The molecule has 2 aromatic rings. The summed E-state index contributed by atoms with van der Waals surface area (Å²) in [6, 6.07) is 7.35. The predicted molar refractivity (Wildman–Crippen MR) is 67.0 cm³/mol. The summed E-state index contributed by atoms with van der Waals surface area (Å²) in [6.07, 6.45) is -4.53. The summed E-state index contributed by atoms with van der Waals surface area (Å²) in [4.78, 5) is 7.39. The van der Waals surface area contributed by atoms with Crippen LogP contribution < -0.4 is 5.32 Å². The molecule has 0 bridgehead atoms. The maximum absolute atomic E-state index is 12.7. The minimum atomic E-state index is -4.53. The summed E-state index contributed by atoms with van der Waals surface area (Å²) >= 11 is 5.82. The first-order chi connectivity index (χ1) is 8.90. The first-order valence-corrected chi connectivity index (χ1v) is 5.68. The molecule has 0 aliphatic heterocycles. The average molecular weight is 288 g/mol. The molecule has 0 amide bonds. The van der Waals surface area contributed by atoms with Gasteiger partial charge in [-0.25, -0.2) is 9.97 Å². The number of nitrogens with zero attached hydrogens (tertiary/aromatic N) is 2. The highest BCUT2D eigenvalue weighted by molar-refractivity contribution is 6.30. The van der Waals surface area contributed by atoms with E-state index in [9.17, 15) is 13.2 Å². The van der Waals surface area contributed by atoms with Crippen LogP contribution in [0.25, 0.3) is 11.3 Å². The van der Waals surface area contributed by atoms with E-state index in [1.165, 1.54) is 7.05 Å². The van der Waals surface area contributed by atoms with Gasteiger partial charge >= 0.3 is 6.18 Å². The molecule has 0 aliphatic carbocycles. The van der Waals surface area contributed by atoms with Gasteiger partial charge in [-0.05, 0) is 18.2 Å². The fourth-order valence-corrected chi connectivity index (χ4v) is 1.69. The zero-order valence-corrected chi connectivity index (χ0v) is 10.5. The number of hydrogen-bond acceptors (Lipinski definition) is 3. The van der Waals surface area contributed by atoms with E-state index in [0.29, 0.717) is 10.6 Å². The van der Waals surface area contributed by atoms with Crippen molar-refractivity contribution < 1.29 is 13.2 Å². The average Bonchev–Trinajstić information content (AvgIpc) is 2.37. The van der Waals surface area contributed by atoms with Crippen molar-refractivity contribution in [2.24, 2.45) is 0 Å². The lowest BCUT2D eigenvalue weighted by Crippen LogP contribution is -2.11. The number of anilines is 1. The van der Waals surface area contributed by atoms with Crippen molar-refractivity contribution in [1.82, 2.24) is 9.97 Å². The minimum Gasteiger partial charge on any atom is -0.357 e. The van der Waals surface area contributed by atoms with Gasteiger partial charge in [0.15, 0.2) is 5.69 Å². The van der Waals surface area contributed by atoms with Crippen LogP contribution in [0.1, 0.15) is 5.69 Å². The zero-order chi connectivity index (χ0) is 14.0. The van der Waals surface area contributed by atoms with E-state index in [4.69, 9.17) is 11.6 Å². The van der Waals surface area contributed by atoms with Gasteiger partial charge < -0.3 is 5.32 Å². The summed E-state index contributed by atoms with van der Waals surface area (Å²) in [6.45, 7) is 0. The fourth-order valence-electron chi connectivity index (χ4n) is 1.50. The minimum absolute atomic E-state index is 0.0928. The number of halogens is 4. The predicted octanol–water partition coefficient (Wildman–Crippen LogP) is 3.86. The smallest absolute Gasteiger partial charge is 0.357 e. The number of hydrogen-bond donors (Lipinski definition) is 1. The summed E-state index contributed by atoms with van der Waals surface area (Å²) in [5, 5.41) is 2.94. The maximum atomic E-state index is 12.7. The van der Waals surface area contributed by atoms with Crippen LogP contribution in [-0.2, 0) is 6.18 Å².